The number of rotatable bonds is 3. The van der Waals surface area contributed by atoms with Crippen LogP contribution in [0, 0.1) is 11.3 Å². The van der Waals surface area contributed by atoms with Crippen molar-refractivity contribution >= 4 is 50.8 Å². The van der Waals surface area contributed by atoms with Gasteiger partial charge < -0.3 is 4.90 Å². The van der Waals surface area contributed by atoms with Crippen LogP contribution in [-0.4, -0.2) is 39.9 Å². The first-order chi connectivity index (χ1) is 9.08. The number of nitrogens with zero attached hydrogens (tertiary/aromatic N) is 3. The molecule has 6 heteroatoms. The van der Waals surface area contributed by atoms with Gasteiger partial charge in [0.05, 0.1) is 11.8 Å². The average molecular weight is 309 g/mol. The number of aliphatic imine (C=N–C) groups is 1. The van der Waals surface area contributed by atoms with Crippen molar-refractivity contribution in [2.24, 2.45) is 4.99 Å². The Kier molecular flexibility index (Phi) is 6.92. The predicted octanol–water partition coefficient (Wildman–Crippen LogP) is 3.55. The van der Waals surface area contributed by atoms with Crippen molar-refractivity contribution in [1.29, 1.82) is 5.26 Å². The third kappa shape index (κ3) is 5.23. The predicted molar refractivity (Wildman–Crippen MR) is 90.3 cm³/mol. The zero-order valence-electron chi connectivity index (χ0n) is 11.0. The number of nitriles is 1. The lowest BCUT2D eigenvalue weighted by molar-refractivity contribution is 0.648. The third-order valence-corrected chi connectivity index (χ3v) is 4.81. The minimum absolute atomic E-state index is 0.370. The van der Waals surface area contributed by atoms with Gasteiger partial charge in [-0.05, 0) is 18.4 Å². The number of thioether (sulfide) groups is 2. The van der Waals surface area contributed by atoms with Crippen LogP contribution in [0.4, 0.5) is 5.69 Å². The monoisotopic (exact) mass is 309 g/mol. The van der Waals surface area contributed by atoms with Crippen LogP contribution in [-0.2, 0) is 0 Å². The average Bonchev–Trinajstić information content (AvgIpc) is 2.43. The molecule has 0 aliphatic rings. The Bertz CT molecular complexity index is 492. The lowest BCUT2D eigenvalue weighted by Gasteiger charge is -2.16. The Labute approximate surface area is 128 Å². The first-order valence-corrected chi connectivity index (χ1v) is 8.05. The summed E-state index contributed by atoms with van der Waals surface area (Å²) in [6, 6.07) is 11.9. The maximum atomic E-state index is 9.29. The number of hydrogen-bond donors (Lipinski definition) is 0. The van der Waals surface area contributed by atoms with E-state index in [1.54, 1.807) is 0 Å². The summed E-state index contributed by atoms with van der Waals surface area (Å²) >= 11 is 8.05. The second-order valence-electron chi connectivity index (χ2n) is 3.78. The molecule has 3 nitrogen and oxygen atoms in total. The van der Waals surface area contributed by atoms with Crippen molar-refractivity contribution in [2.75, 3.05) is 20.4 Å². The highest BCUT2D eigenvalue weighted by Crippen LogP contribution is 2.23. The summed E-state index contributed by atoms with van der Waals surface area (Å²) in [5, 5.41) is 9.69. The highest BCUT2D eigenvalue weighted by molar-refractivity contribution is 8.25. The van der Waals surface area contributed by atoms with Gasteiger partial charge >= 0.3 is 0 Å². The van der Waals surface area contributed by atoms with Crippen molar-refractivity contribution in [1.82, 2.24) is 4.90 Å². The molecule has 0 aromatic heterocycles. The molecule has 0 aliphatic carbocycles. The van der Waals surface area contributed by atoms with Gasteiger partial charge in [0.25, 0.3) is 0 Å². The van der Waals surface area contributed by atoms with Crippen LogP contribution in [0.1, 0.15) is 0 Å². The number of para-hydroxylation sites is 1. The molecule has 0 spiro atoms. The summed E-state index contributed by atoms with van der Waals surface area (Å²) in [5.41, 5.74) is 0.850. The molecular formula is C13H15N3S3. The molecule has 100 valence electrons. The molecule has 0 heterocycles. The van der Waals surface area contributed by atoms with Crippen LogP contribution < -0.4 is 0 Å². The van der Waals surface area contributed by atoms with Gasteiger partial charge in [-0.15, -0.1) is 11.8 Å². The standard InChI is InChI=1S/C13H15N3S3/c1-16(2)13(17)19-11(9-14)12(18-3)15-10-7-5-4-6-8-10/h4-8,11H,1-3H3. The smallest absolute Gasteiger partial charge is 0.146 e. The van der Waals surface area contributed by atoms with E-state index in [2.05, 4.69) is 11.1 Å². The molecule has 1 atom stereocenters. The molecule has 0 N–H and O–H groups in total. The van der Waals surface area contributed by atoms with Crippen LogP contribution in [0.3, 0.4) is 0 Å². The van der Waals surface area contributed by atoms with Crippen LogP contribution >= 0.6 is 35.7 Å². The molecule has 0 radical (unpaired) electrons. The van der Waals surface area contributed by atoms with E-state index in [4.69, 9.17) is 12.2 Å². The van der Waals surface area contributed by atoms with E-state index in [0.717, 1.165) is 10.7 Å². The number of hydrogen-bond acceptors (Lipinski definition) is 5. The minimum atomic E-state index is -0.370. The Hall–Kier alpha value is -1.03. The second-order valence-corrected chi connectivity index (χ2v) is 6.34. The molecule has 19 heavy (non-hydrogen) atoms. The maximum Gasteiger partial charge on any atom is 0.146 e. The fourth-order valence-electron chi connectivity index (χ4n) is 1.18. The molecule has 0 bridgehead atoms. The van der Waals surface area contributed by atoms with Crippen molar-refractivity contribution < 1.29 is 0 Å². The third-order valence-electron chi connectivity index (χ3n) is 2.13. The van der Waals surface area contributed by atoms with Crippen LogP contribution in [0.2, 0.25) is 0 Å². The van der Waals surface area contributed by atoms with Gasteiger partial charge in [-0.2, -0.15) is 5.26 Å². The van der Waals surface area contributed by atoms with Crippen LogP contribution in [0.25, 0.3) is 0 Å². The molecule has 1 rings (SSSR count). The first kappa shape index (κ1) is 16.0. The molecule has 1 aromatic rings. The van der Waals surface area contributed by atoms with E-state index >= 15 is 0 Å². The molecule has 0 aliphatic heterocycles. The molecule has 0 amide bonds. The minimum Gasteiger partial charge on any atom is -0.364 e. The Balaban J connectivity index is 2.91. The second kappa shape index (κ2) is 8.20. The molecule has 0 saturated heterocycles. The fraction of sp³-hybridized carbons (Fsp3) is 0.308. The summed E-state index contributed by atoms with van der Waals surface area (Å²) in [6.45, 7) is 0. The van der Waals surface area contributed by atoms with E-state index in [1.807, 2.05) is 55.6 Å². The normalized spacial score (nSPS) is 12.6. The summed E-state index contributed by atoms with van der Waals surface area (Å²) in [4.78, 5) is 6.34. The van der Waals surface area contributed by atoms with Crippen molar-refractivity contribution in [3.05, 3.63) is 30.3 Å². The largest absolute Gasteiger partial charge is 0.364 e. The van der Waals surface area contributed by atoms with E-state index in [1.165, 1.54) is 23.5 Å². The van der Waals surface area contributed by atoms with Gasteiger partial charge in [-0.1, -0.05) is 42.2 Å². The lowest BCUT2D eigenvalue weighted by atomic mass is 10.3. The quantitative estimate of drug-likeness (QED) is 0.485. The Morgan fingerprint density at radius 3 is 2.47 bits per heavy atom. The summed E-state index contributed by atoms with van der Waals surface area (Å²) < 4.78 is 0.682. The number of benzene rings is 1. The van der Waals surface area contributed by atoms with Crippen LogP contribution in [0.15, 0.2) is 35.3 Å². The van der Waals surface area contributed by atoms with Crippen molar-refractivity contribution in [2.45, 2.75) is 5.25 Å². The van der Waals surface area contributed by atoms with Gasteiger partial charge in [0.2, 0.25) is 0 Å². The summed E-state index contributed by atoms with van der Waals surface area (Å²) in [6.07, 6.45) is 1.92. The zero-order chi connectivity index (χ0) is 14.3. The Morgan fingerprint density at radius 2 is 2.00 bits per heavy atom. The van der Waals surface area contributed by atoms with Gasteiger partial charge in [0.15, 0.2) is 0 Å². The van der Waals surface area contributed by atoms with Crippen LogP contribution in [0.5, 0.6) is 0 Å². The van der Waals surface area contributed by atoms with Gasteiger partial charge in [-0.3, -0.25) is 0 Å². The highest BCUT2D eigenvalue weighted by Gasteiger charge is 2.18. The van der Waals surface area contributed by atoms with Gasteiger partial charge in [0, 0.05) is 14.1 Å². The zero-order valence-corrected chi connectivity index (χ0v) is 13.5. The molecule has 1 aromatic carbocycles. The summed E-state index contributed by atoms with van der Waals surface area (Å²) in [7, 11) is 3.74. The maximum absolute atomic E-state index is 9.29. The van der Waals surface area contributed by atoms with E-state index in [9.17, 15) is 5.26 Å². The van der Waals surface area contributed by atoms with Crippen molar-refractivity contribution in [3.63, 3.8) is 0 Å². The molecule has 1 unspecified atom stereocenters. The van der Waals surface area contributed by atoms with E-state index < -0.39 is 0 Å². The van der Waals surface area contributed by atoms with Gasteiger partial charge in [-0.25, -0.2) is 4.99 Å². The van der Waals surface area contributed by atoms with Gasteiger partial charge in [0.1, 0.15) is 14.6 Å². The fourth-order valence-corrected chi connectivity index (χ4v) is 2.98. The summed E-state index contributed by atoms with van der Waals surface area (Å²) in [5.74, 6) is 0. The topological polar surface area (TPSA) is 39.4 Å². The Morgan fingerprint density at radius 1 is 1.37 bits per heavy atom. The molecule has 0 saturated carbocycles. The molecule has 0 fully saturated rings. The van der Waals surface area contributed by atoms with E-state index in [-0.39, 0.29) is 5.25 Å². The van der Waals surface area contributed by atoms with Crippen molar-refractivity contribution in [3.8, 4) is 6.07 Å². The first-order valence-electron chi connectivity index (χ1n) is 5.53. The molecular weight excluding hydrogens is 294 g/mol. The lowest BCUT2D eigenvalue weighted by Crippen LogP contribution is -2.22. The van der Waals surface area contributed by atoms with E-state index in [0.29, 0.717) is 4.32 Å². The number of thiocarbonyl (C=S) groups is 1. The SMILES string of the molecule is CSC(=Nc1ccccc1)C(C#N)SC(=S)N(C)C. The highest BCUT2D eigenvalue weighted by atomic mass is 32.2.